The summed E-state index contributed by atoms with van der Waals surface area (Å²) < 4.78 is 0. The molecule has 1 aliphatic rings. The number of benzene rings is 1. The van der Waals surface area contributed by atoms with Crippen LogP contribution in [-0.2, 0) is 0 Å². The highest BCUT2D eigenvalue weighted by atomic mass is 16.3. The van der Waals surface area contributed by atoms with Gasteiger partial charge in [0.15, 0.2) is 0 Å². The Balaban J connectivity index is 1.99. The number of rotatable bonds is 4. The predicted octanol–water partition coefficient (Wildman–Crippen LogP) is 1.92. The predicted molar refractivity (Wildman–Crippen MR) is 71.1 cm³/mol. The van der Waals surface area contributed by atoms with Crippen molar-refractivity contribution in [1.82, 2.24) is 0 Å². The number of aliphatic hydroxyl groups excluding tert-OH is 1. The lowest BCUT2D eigenvalue weighted by molar-refractivity contribution is 0.263. The summed E-state index contributed by atoms with van der Waals surface area (Å²) in [7, 11) is 0. The fourth-order valence-corrected chi connectivity index (χ4v) is 2.47. The van der Waals surface area contributed by atoms with Crippen LogP contribution in [0.2, 0.25) is 0 Å². The monoisotopic (exact) mass is 234 g/mol. The molecule has 0 bridgehead atoms. The van der Waals surface area contributed by atoms with Crippen molar-refractivity contribution in [3.05, 3.63) is 29.8 Å². The van der Waals surface area contributed by atoms with E-state index in [0.29, 0.717) is 12.5 Å². The van der Waals surface area contributed by atoms with E-state index < -0.39 is 0 Å². The maximum Gasteiger partial charge on any atom is 0.0434 e. The molecule has 3 nitrogen and oxygen atoms in total. The lowest BCUT2D eigenvalue weighted by Crippen LogP contribution is -2.20. The Morgan fingerprint density at radius 2 is 2.12 bits per heavy atom. The second-order valence-electron chi connectivity index (χ2n) is 4.99. The maximum atomic E-state index is 8.95. The Morgan fingerprint density at radius 1 is 1.41 bits per heavy atom. The van der Waals surface area contributed by atoms with Crippen molar-refractivity contribution >= 4 is 5.69 Å². The molecule has 1 fully saturated rings. The summed E-state index contributed by atoms with van der Waals surface area (Å²) >= 11 is 0. The standard InChI is InChI=1S/C14H22N2O/c1-11(15)13-2-4-14(5-3-13)16-8-6-12(10-16)7-9-17/h2-5,11-12,17H,6-10,15H2,1H3/t11-,12?/m1/s1. The zero-order chi connectivity index (χ0) is 12.3. The molecule has 0 saturated carbocycles. The van der Waals surface area contributed by atoms with Gasteiger partial charge in [0, 0.05) is 31.4 Å². The Bertz CT molecular complexity index is 348. The van der Waals surface area contributed by atoms with Gasteiger partial charge in [0.05, 0.1) is 0 Å². The van der Waals surface area contributed by atoms with Crippen molar-refractivity contribution in [2.75, 3.05) is 24.6 Å². The lowest BCUT2D eigenvalue weighted by Gasteiger charge is -2.19. The molecule has 0 amide bonds. The Hall–Kier alpha value is -1.06. The number of nitrogens with zero attached hydrogens (tertiary/aromatic N) is 1. The molecule has 2 rings (SSSR count). The Labute approximate surface area is 103 Å². The molecular formula is C14H22N2O. The van der Waals surface area contributed by atoms with E-state index >= 15 is 0 Å². The van der Waals surface area contributed by atoms with Gasteiger partial charge < -0.3 is 15.7 Å². The van der Waals surface area contributed by atoms with Crippen LogP contribution in [0.3, 0.4) is 0 Å². The van der Waals surface area contributed by atoms with Crippen LogP contribution in [0.4, 0.5) is 5.69 Å². The topological polar surface area (TPSA) is 49.5 Å². The third kappa shape index (κ3) is 2.99. The fourth-order valence-electron chi connectivity index (χ4n) is 2.47. The number of nitrogens with two attached hydrogens (primary N) is 1. The molecule has 3 heteroatoms. The molecule has 1 aliphatic heterocycles. The molecule has 0 radical (unpaired) electrons. The van der Waals surface area contributed by atoms with Gasteiger partial charge >= 0.3 is 0 Å². The fraction of sp³-hybridized carbons (Fsp3) is 0.571. The third-order valence-electron chi connectivity index (χ3n) is 3.61. The molecule has 0 spiro atoms. The van der Waals surface area contributed by atoms with Crippen molar-refractivity contribution in [1.29, 1.82) is 0 Å². The second kappa shape index (κ2) is 5.52. The molecule has 0 aromatic heterocycles. The minimum atomic E-state index is 0.102. The second-order valence-corrected chi connectivity index (χ2v) is 4.99. The summed E-state index contributed by atoms with van der Waals surface area (Å²) in [4.78, 5) is 2.39. The zero-order valence-corrected chi connectivity index (χ0v) is 10.5. The SMILES string of the molecule is C[C@@H](N)c1ccc(N2CCC(CCO)C2)cc1. The summed E-state index contributed by atoms with van der Waals surface area (Å²) in [6, 6.07) is 8.63. The first-order valence-electron chi connectivity index (χ1n) is 6.42. The zero-order valence-electron chi connectivity index (χ0n) is 10.5. The molecule has 2 atom stereocenters. The molecular weight excluding hydrogens is 212 g/mol. The van der Waals surface area contributed by atoms with Crippen molar-refractivity contribution in [2.45, 2.75) is 25.8 Å². The van der Waals surface area contributed by atoms with Gasteiger partial charge in [-0.15, -0.1) is 0 Å². The average Bonchev–Trinajstić information content (AvgIpc) is 2.78. The highest BCUT2D eigenvalue weighted by molar-refractivity contribution is 5.48. The minimum absolute atomic E-state index is 0.102. The van der Waals surface area contributed by atoms with E-state index in [1.54, 1.807) is 0 Å². The van der Waals surface area contributed by atoms with Gasteiger partial charge in [0.25, 0.3) is 0 Å². The Morgan fingerprint density at radius 3 is 2.71 bits per heavy atom. The smallest absolute Gasteiger partial charge is 0.0434 e. The third-order valence-corrected chi connectivity index (χ3v) is 3.61. The van der Waals surface area contributed by atoms with Crippen molar-refractivity contribution in [2.24, 2.45) is 11.7 Å². The summed E-state index contributed by atoms with van der Waals surface area (Å²) in [6.07, 6.45) is 2.12. The molecule has 1 saturated heterocycles. The molecule has 1 aromatic carbocycles. The number of hydrogen-bond acceptors (Lipinski definition) is 3. The van der Waals surface area contributed by atoms with Crippen molar-refractivity contribution in [3.8, 4) is 0 Å². The van der Waals surface area contributed by atoms with E-state index in [0.717, 1.165) is 19.5 Å². The first-order valence-corrected chi connectivity index (χ1v) is 6.42. The molecule has 3 N–H and O–H groups in total. The van der Waals surface area contributed by atoms with Crippen LogP contribution >= 0.6 is 0 Å². The summed E-state index contributed by atoms with van der Waals surface area (Å²) in [6.45, 7) is 4.48. The van der Waals surface area contributed by atoms with Crippen LogP contribution in [0.5, 0.6) is 0 Å². The summed E-state index contributed by atoms with van der Waals surface area (Å²) in [5.74, 6) is 0.646. The van der Waals surface area contributed by atoms with Crippen LogP contribution < -0.4 is 10.6 Å². The molecule has 1 aromatic rings. The molecule has 0 aliphatic carbocycles. The van der Waals surface area contributed by atoms with Crippen LogP contribution in [0.25, 0.3) is 0 Å². The van der Waals surface area contributed by atoms with Gasteiger partial charge in [0.2, 0.25) is 0 Å². The van der Waals surface area contributed by atoms with Gasteiger partial charge in [-0.25, -0.2) is 0 Å². The van der Waals surface area contributed by atoms with Crippen LogP contribution in [0, 0.1) is 5.92 Å². The normalized spacial score (nSPS) is 21.8. The lowest BCUT2D eigenvalue weighted by atomic mass is 10.1. The molecule has 1 unspecified atom stereocenters. The van der Waals surface area contributed by atoms with E-state index in [4.69, 9.17) is 10.8 Å². The van der Waals surface area contributed by atoms with Gasteiger partial charge in [-0.05, 0) is 43.4 Å². The van der Waals surface area contributed by atoms with E-state index in [1.165, 1.54) is 17.7 Å². The largest absolute Gasteiger partial charge is 0.396 e. The number of anilines is 1. The molecule has 94 valence electrons. The molecule has 17 heavy (non-hydrogen) atoms. The van der Waals surface area contributed by atoms with E-state index in [-0.39, 0.29) is 6.04 Å². The van der Waals surface area contributed by atoms with Gasteiger partial charge in [-0.3, -0.25) is 0 Å². The summed E-state index contributed by atoms with van der Waals surface area (Å²) in [5.41, 5.74) is 8.29. The average molecular weight is 234 g/mol. The number of hydrogen-bond donors (Lipinski definition) is 2. The Kier molecular flexibility index (Phi) is 4.02. The van der Waals surface area contributed by atoms with Gasteiger partial charge in [0.1, 0.15) is 0 Å². The van der Waals surface area contributed by atoms with Crippen LogP contribution in [0.15, 0.2) is 24.3 Å². The highest BCUT2D eigenvalue weighted by Crippen LogP contribution is 2.26. The first kappa shape index (κ1) is 12.4. The quantitative estimate of drug-likeness (QED) is 0.836. The van der Waals surface area contributed by atoms with E-state index in [1.807, 2.05) is 6.92 Å². The van der Waals surface area contributed by atoms with Gasteiger partial charge in [-0.1, -0.05) is 12.1 Å². The van der Waals surface area contributed by atoms with Gasteiger partial charge in [-0.2, -0.15) is 0 Å². The first-order chi connectivity index (χ1) is 8.20. The van der Waals surface area contributed by atoms with E-state index in [2.05, 4.69) is 29.2 Å². The van der Waals surface area contributed by atoms with Crippen LogP contribution in [-0.4, -0.2) is 24.8 Å². The number of aliphatic hydroxyl groups is 1. The summed E-state index contributed by atoms with van der Waals surface area (Å²) in [5, 5.41) is 8.95. The molecule has 1 heterocycles. The van der Waals surface area contributed by atoms with Crippen molar-refractivity contribution in [3.63, 3.8) is 0 Å². The van der Waals surface area contributed by atoms with Crippen molar-refractivity contribution < 1.29 is 5.11 Å². The maximum absolute atomic E-state index is 8.95. The van der Waals surface area contributed by atoms with E-state index in [9.17, 15) is 0 Å². The van der Waals surface area contributed by atoms with Crippen LogP contribution in [0.1, 0.15) is 31.4 Å². The minimum Gasteiger partial charge on any atom is -0.396 e. The highest BCUT2D eigenvalue weighted by Gasteiger charge is 2.21.